The van der Waals surface area contributed by atoms with Gasteiger partial charge in [-0.05, 0) is 48.9 Å². The van der Waals surface area contributed by atoms with E-state index in [4.69, 9.17) is 4.74 Å². The highest BCUT2D eigenvalue weighted by Crippen LogP contribution is 2.25. The molecule has 172 valence electrons. The van der Waals surface area contributed by atoms with Gasteiger partial charge in [-0.2, -0.15) is 0 Å². The molecule has 0 saturated heterocycles. The summed E-state index contributed by atoms with van der Waals surface area (Å²) in [5.74, 6) is -0.210. The maximum absolute atomic E-state index is 13.4. The molecule has 1 saturated carbocycles. The van der Waals surface area contributed by atoms with Gasteiger partial charge in [-0.25, -0.2) is 4.39 Å². The van der Waals surface area contributed by atoms with Crippen molar-refractivity contribution in [3.8, 4) is 5.75 Å². The van der Waals surface area contributed by atoms with Gasteiger partial charge in [-0.3, -0.25) is 9.59 Å². The molecular weight excluding hydrogens is 419 g/mol. The Labute approximate surface area is 193 Å². The van der Waals surface area contributed by atoms with Crippen LogP contribution in [0.2, 0.25) is 0 Å². The summed E-state index contributed by atoms with van der Waals surface area (Å²) >= 11 is 0. The van der Waals surface area contributed by atoms with E-state index in [1.165, 1.54) is 17.0 Å². The first-order valence-corrected chi connectivity index (χ1v) is 11.5. The zero-order chi connectivity index (χ0) is 23.2. The van der Waals surface area contributed by atoms with Crippen molar-refractivity contribution in [3.05, 3.63) is 78.1 Å². The maximum Gasteiger partial charge on any atom is 0.261 e. The molecule has 4 rings (SSSR count). The Morgan fingerprint density at radius 1 is 1.03 bits per heavy atom. The number of nitrogens with zero attached hydrogens (tertiary/aromatic N) is 1. The highest BCUT2D eigenvalue weighted by molar-refractivity contribution is 5.90. The monoisotopic (exact) mass is 448 g/mol. The van der Waals surface area contributed by atoms with Crippen LogP contribution in [0.25, 0.3) is 10.8 Å². The van der Waals surface area contributed by atoms with E-state index in [0.717, 1.165) is 42.0 Å². The van der Waals surface area contributed by atoms with Gasteiger partial charge < -0.3 is 15.0 Å². The number of benzene rings is 3. The Kier molecular flexibility index (Phi) is 7.23. The fraction of sp³-hybridized carbons (Fsp3) is 0.333. The summed E-state index contributed by atoms with van der Waals surface area (Å²) in [7, 11) is 0. The molecular formula is C27H29FN2O3. The van der Waals surface area contributed by atoms with E-state index in [0.29, 0.717) is 5.75 Å². The second-order valence-electron chi connectivity index (χ2n) is 8.58. The number of halogens is 1. The summed E-state index contributed by atoms with van der Waals surface area (Å²) in [6.45, 7) is 1.72. The van der Waals surface area contributed by atoms with Crippen LogP contribution in [-0.2, 0) is 16.1 Å². The Bertz CT molecular complexity index is 1100. The number of ether oxygens (including phenoxy) is 1. The molecule has 0 bridgehead atoms. The van der Waals surface area contributed by atoms with Crippen molar-refractivity contribution in [2.75, 3.05) is 6.61 Å². The van der Waals surface area contributed by atoms with Crippen molar-refractivity contribution in [3.63, 3.8) is 0 Å². The Morgan fingerprint density at radius 2 is 1.73 bits per heavy atom. The average molecular weight is 449 g/mol. The van der Waals surface area contributed by atoms with Crippen LogP contribution in [0.15, 0.2) is 66.7 Å². The fourth-order valence-corrected chi connectivity index (χ4v) is 4.31. The van der Waals surface area contributed by atoms with Gasteiger partial charge in [0.1, 0.15) is 17.6 Å². The smallest absolute Gasteiger partial charge is 0.261 e. The van der Waals surface area contributed by atoms with Crippen LogP contribution in [0.3, 0.4) is 0 Å². The lowest BCUT2D eigenvalue weighted by atomic mass is 10.1. The average Bonchev–Trinajstić information content (AvgIpc) is 3.34. The number of fused-ring (bicyclic) bond motifs is 1. The summed E-state index contributed by atoms with van der Waals surface area (Å²) in [4.78, 5) is 27.7. The Balaban J connectivity index is 1.50. The lowest BCUT2D eigenvalue weighted by Gasteiger charge is -2.29. The standard InChI is InChI=1S/C27H29FN2O3/c1-19(27(32)29-23-9-3-4-10-23)30(17-20-13-15-22(28)16-14-20)26(31)18-33-25-12-6-8-21-7-2-5-11-24(21)25/h2,5-8,11-16,19,23H,3-4,9-10,17-18H2,1H3,(H,29,32)/t19-/m1/s1. The minimum absolute atomic E-state index is 0.162. The van der Waals surface area contributed by atoms with Gasteiger partial charge in [0.15, 0.2) is 6.61 Å². The molecule has 3 aromatic rings. The molecule has 0 aliphatic heterocycles. The summed E-state index contributed by atoms with van der Waals surface area (Å²) in [5, 5.41) is 5.02. The van der Waals surface area contributed by atoms with E-state index in [1.54, 1.807) is 19.1 Å². The molecule has 3 aromatic carbocycles. The van der Waals surface area contributed by atoms with Crippen LogP contribution in [0.1, 0.15) is 38.2 Å². The molecule has 5 nitrogen and oxygen atoms in total. The first kappa shape index (κ1) is 22.8. The Morgan fingerprint density at radius 3 is 2.48 bits per heavy atom. The third-order valence-corrected chi connectivity index (χ3v) is 6.24. The van der Waals surface area contributed by atoms with E-state index in [1.807, 2.05) is 42.5 Å². The number of hydrogen-bond acceptors (Lipinski definition) is 3. The summed E-state index contributed by atoms with van der Waals surface area (Å²) < 4.78 is 19.3. The molecule has 0 radical (unpaired) electrons. The van der Waals surface area contributed by atoms with Gasteiger partial charge in [0.2, 0.25) is 5.91 Å². The molecule has 1 N–H and O–H groups in total. The van der Waals surface area contributed by atoms with Crippen molar-refractivity contribution in [1.82, 2.24) is 10.2 Å². The lowest BCUT2D eigenvalue weighted by Crippen LogP contribution is -2.50. The third kappa shape index (κ3) is 5.69. The predicted octanol–water partition coefficient (Wildman–Crippen LogP) is 4.83. The Hall–Kier alpha value is -3.41. The summed E-state index contributed by atoms with van der Waals surface area (Å²) in [5.41, 5.74) is 0.746. The lowest BCUT2D eigenvalue weighted by molar-refractivity contribution is -0.142. The molecule has 6 heteroatoms. The third-order valence-electron chi connectivity index (χ3n) is 6.24. The molecule has 1 aliphatic rings. The summed E-state index contributed by atoms with van der Waals surface area (Å²) in [6.07, 6.45) is 4.15. The molecule has 0 spiro atoms. The maximum atomic E-state index is 13.4. The molecule has 0 heterocycles. The van der Waals surface area contributed by atoms with Crippen molar-refractivity contribution in [2.45, 2.75) is 51.2 Å². The number of rotatable bonds is 8. The number of nitrogens with one attached hydrogen (secondary N) is 1. The normalized spacial score (nSPS) is 14.7. The highest BCUT2D eigenvalue weighted by atomic mass is 19.1. The van der Waals surface area contributed by atoms with Crippen LogP contribution in [0.5, 0.6) is 5.75 Å². The van der Waals surface area contributed by atoms with Gasteiger partial charge in [0.05, 0.1) is 0 Å². The number of amides is 2. The largest absolute Gasteiger partial charge is 0.483 e. The molecule has 1 aliphatic carbocycles. The minimum Gasteiger partial charge on any atom is -0.483 e. The van der Waals surface area contributed by atoms with Crippen LogP contribution >= 0.6 is 0 Å². The summed E-state index contributed by atoms with van der Waals surface area (Å²) in [6, 6.07) is 19.0. The first-order chi connectivity index (χ1) is 16.0. The van der Waals surface area contributed by atoms with Gasteiger partial charge in [0.25, 0.3) is 5.91 Å². The van der Waals surface area contributed by atoms with Crippen molar-refractivity contribution >= 4 is 22.6 Å². The van der Waals surface area contributed by atoms with Crippen LogP contribution < -0.4 is 10.1 Å². The second-order valence-corrected chi connectivity index (χ2v) is 8.58. The quantitative estimate of drug-likeness (QED) is 0.537. The number of hydrogen-bond donors (Lipinski definition) is 1. The van der Waals surface area contributed by atoms with E-state index in [2.05, 4.69) is 5.32 Å². The van der Waals surface area contributed by atoms with Crippen molar-refractivity contribution in [2.24, 2.45) is 0 Å². The molecule has 33 heavy (non-hydrogen) atoms. The molecule has 1 atom stereocenters. The van der Waals surface area contributed by atoms with Gasteiger partial charge in [-0.1, -0.05) is 61.4 Å². The second kappa shape index (κ2) is 10.5. The zero-order valence-corrected chi connectivity index (χ0v) is 18.8. The zero-order valence-electron chi connectivity index (χ0n) is 18.8. The van der Waals surface area contributed by atoms with Crippen LogP contribution in [0.4, 0.5) is 4.39 Å². The molecule has 1 fully saturated rings. The predicted molar refractivity (Wildman–Crippen MR) is 126 cm³/mol. The van der Waals surface area contributed by atoms with Gasteiger partial charge >= 0.3 is 0 Å². The van der Waals surface area contributed by atoms with Crippen molar-refractivity contribution in [1.29, 1.82) is 0 Å². The van der Waals surface area contributed by atoms with Crippen molar-refractivity contribution < 1.29 is 18.7 Å². The van der Waals surface area contributed by atoms with E-state index >= 15 is 0 Å². The first-order valence-electron chi connectivity index (χ1n) is 11.5. The number of carbonyl (C=O) groups excluding carboxylic acids is 2. The van der Waals surface area contributed by atoms with Gasteiger partial charge in [-0.15, -0.1) is 0 Å². The van der Waals surface area contributed by atoms with Gasteiger partial charge in [0, 0.05) is 18.0 Å². The minimum atomic E-state index is -0.681. The highest BCUT2D eigenvalue weighted by Gasteiger charge is 2.28. The van der Waals surface area contributed by atoms with E-state index in [-0.39, 0.29) is 36.8 Å². The molecule has 2 amide bonds. The topological polar surface area (TPSA) is 58.6 Å². The SMILES string of the molecule is C[C@H](C(=O)NC1CCCC1)N(Cc1ccc(F)cc1)C(=O)COc1cccc2ccccc12. The van der Waals surface area contributed by atoms with Crippen LogP contribution in [0, 0.1) is 5.82 Å². The fourth-order valence-electron chi connectivity index (χ4n) is 4.31. The number of carbonyl (C=O) groups is 2. The molecule has 0 aromatic heterocycles. The van der Waals surface area contributed by atoms with E-state index in [9.17, 15) is 14.0 Å². The van der Waals surface area contributed by atoms with E-state index < -0.39 is 6.04 Å². The van der Waals surface area contributed by atoms with Crippen LogP contribution in [-0.4, -0.2) is 35.4 Å². The molecule has 0 unspecified atom stereocenters.